The molecule has 0 rings (SSSR count). The van der Waals surface area contributed by atoms with Crippen LogP contribution in [0.1, 0.15) is 19.8 Å². The van der Waals surface area contributed by atoms with Crippen LogP contribution in [-0.2, 0) is 9.47 Å². The van der Waals surface area contributed by atoms with Crippen LogP contribution in [0, 0.1) is 0 Å². The van der Waals surface area contributed by atoms with Crippen LogP contribution in [0.3, 0.4) is 0 Å². The predicted octanol–water partition coefficient (Wildman–Crippen LogP) is 1.96. The van der Waals surface area contributed by atoms with E-state index in [1.165, 1.54) is 0 Å². The summed E-state index contributed by atoms with van der Waals surface area (Å²) >= 11 is 0. The van der Waals surface area contributed by atoms with Gasteiger partial charge >= 0.3 is 0 Å². The molecule has 2 nitrogen and oxygen atoms in total. The maximum atomic E-state index is 5.24. The highest BCUT2D eigenvalue weighted by Crippen LogP contribution is 2.02. The van der Waals surface area contributed by atoms with Crippen molar-refractivity contribution in [2.75, 3.05) is 13.9 Å². The first-order valence-electron chi connectivity index (χ1n) is 3.58. The largest absolute Gasteiger partial charge is 0.359 e. The Morgan fingerprint density at radius 3 is 2.70 bits per heavy atom. The van der Waals surface area contributed by atoms with Crippen molar-refractivity contribution >= 4 is 0 Å². The van der Waals surface area contributed by atoms with Gasteiger partial charge in [0.05, 0.1) is 6.10 Å². The van der Waals surface area contributed by atoms with Crippen molar-refractivity contribution in [3.8, 4) is 0 Å². The Labute approximate surface area is 62.8 Å². The van der Waals surface area contributed by atoms with E-state index in [1.54, 1.807) is 7.11 Å². The van der Waals surface area contributed by atoms with Gasteiger partial charge in [0, 0.05) is 7.11 Å². The van der Waals surface area contributed by atoms with Crippen molar-refractivity contribution in [2.24, 2.45) is 0 Å². The van der Waals surface area contributed by atoms with E-state index in [2.05, 4.69) is 13.5 Å². The smallest absolute Gasteiger partial charge is 0.147 e. The fourth-order valence-electron chi connectivity index (χ4n) is 0.709. The topological polar surface area (TPSA) is 18.5 Å². The molecule has 1 atom stereocenters. The van der Waals surface area contributed by atoms with E-state index in [-0.39, 0.29) is 6.10 Å². The molecular formula is C8H16O2. The van der Waals surface area contributed by atoms with E-state index in [0.29, 0.717) is 6.79 Å². The molecule has 2 heteroatoms. The zero-order chi connectivity index (χ0) is 7.82. The summed E-state index contributed by atoms with van der Waals surface area (Å²) in [7, 11) is 1.62. The Bertz CT molecular complexity index is 81.3. The van der Waals surface area contributed by atoms with Gasteiger partial charge in [-0.2, -0.15) is 0 Å². The van der Waals surface area contributed by atoms with Crippen LogP contribution in [0.25, 0.3) is 0 Å². The number of methoxy groups -OCH3 is 1. The molecule has 10 heavy (non-hydrogen) atoms. The minimum atomic E-state index is 0.157. The summed E-state index contributed by atoms with van der Waals surface area (Å²) in [6, 6.07) is 0. The fourth-order valence-corrected chi connectivity index (χ4v) is 0.709. The average molecular weight is 144 g/mol. The van der Waals surface area contributed by atoms with Gasteiger partial charge in [0.15, 0.2) is 0 Å². The molecule has 0 aliphatic rings. The third-order valence-electron chi connectivity index (χ3n) is 1.24. The maximum absolute atomic E-state index is 5.24. The van der Waals surface area contributed by atoms with E-state index >= 15 is 0 Å². The Morgan fingerprint density at radius 2 is 2.30 bits per heavy atom. The van der Waals surface area contributed by atoms with Crippen molar-refractivity contribution in [1.29, 1.82) is 0 Å². The SMILES string of the molecule is C=C[C@@H](CCC)OCOC. The van der Waals surface area contributed by atoms with E-state index in [9.17, 15) is 0 Å². The summed E-state index contributed by atoms with van der Waals surface area (Å²) in [4.78, 5) is 0. The molecule has 0 aromatic carbocycles. The number of rotatable bonds is 6. The molecule has 0 aliphatic carbocycles. The lowest BCUT2D eigenvalue weighted by Gasteiger charge is -2.10. The van der Waals surface area contributed by atoms with Gasteiger partial charge in [-0.3, -0.25) is 0 Å². The normalized spacial score (nSPS) is 13.0. The first-order chi connectivity index (χ1) is 4.85. The van der Waals surface area contributed by atoms with Crippen LogP contribution in [0.5, 0.6) is 0 Å². The van der Waals surface area contributed by atoms with Crippen LogP contribution in [-0.4, -0.2) is 20.0 Å². The van der Waals surface area contributed by atoms with Crippen molar-refractivity contribution in [2.45, 2.75) is 25.9 Å². The molecule has 60 valence electrons. The minimum absolute atomic E-state index is 0.157. The molecule has 0 aliphatic heterocycles. The number of ether oxygens (including phenoxy) is 2. The molecular weight excluding hydrogens is 128 g/mol. The third-order valence-corrected chi connectivity index (χ3v) is 1.24. The van der Waals surface area contributed by atoms with Crippen LogP contribution >= 0.6 is 0 Å². The zero-order valence-corrected chi connectivity index (χ0v) is 6.80. The van der Waals surface area contributed by atoms with E-state index in [1.807, 2.05) is 6.08 Å². The van der Waals surface area contributed by atoms with Crippen molar-refractivity contribution in [3.63, 3.8) is 0 Å². The quantitative estimate of drug-likeness (QED) is 0.419. The number of hydrogen-bond donors (Lipinski definition) is 0. The second-order valence-corrected chi connectivity index (χ2v) is 2.14. The van der Waals surface area contributed by atoms with Crippen LogP contribution in [0.15, 0.2) is 12.7 Å². The highest BCUT2D eigenvalue weighted by Gasteiger charge is 2.00. The van der Waals surface area contributed by atoms with Gasteiger partial charge in [-0.1, -0.05) is 19.4 Å². The Morgan fingerprint density at radius 1 is 1.60 bits per heavy atom. The van der Waals surface area contributed by atoms with Crippen molar-refractivity contribution in [1.82, 2.24) is 0 Å². The Kier molecular flexibility index (Phi) is 6.55. The average Bonchev–Trinajstić information content (AvgIpc) is 1.98. The van der Waals surface area contributed by atoms with Crippen LogP contribution in [0.4, 0.5) is 0 Å². The maximum Gasteiger partial charge on any atom is 0.147 e. The second kappa shape index (κ2) is 6.78. The molecule has 0 spiro atoms. The lowest BCUT2D eigenvalue weighted by atomic mass is 10.2. The molecule has 0 heterocycles. The van der Waals surface area contributed by atoms with Gasteiger partial charge < -0.3 is 9.47 Å². The van der Waals surface area contributed by atoms with E-state index in [0.717, 1.165) is 12.8 Å². The predicted molar refractivity (Wildman–Crippen MR) is 41.9 cm³/mol. The van der Waals surface area contributed by atoms with E-state index in [4.69, 9.17) is 9.47 Å². The highest BCUT2D eigenvalue weighted by molar-refractivity contribution is 4.78. The monoisotopic (exact) mass is 144 g/mol. The summed E-state index contributed by atoms with van der Waals surface area (Å²) in [5.74, 6) is 0. The molecule has 0 radical (unpaired) electrons. The van der Waals surface area contributed by atoms with Crippen molar-refractivity contribution in [3.05, 3.63) is 12.7 Å². The number of hydrogen-bond acceptors (Lipinski definition) is 2. The molecule has 0 bridgehead atoms. The fraction of sp³-hybridized carbons (Fsp3) is 0.750. The first-order valence-corrected chi connectivity index (χ1v) is 3.58. The van der Waals surface area contributed by atoms with Gasteiger partial charge in [-0.05, 0) is 6.42 Å². The molecule has 0 fully saturated rings. The second-order valence-electron chi connectivity index (χ2n) is 2.14. The summed E-state index contributed by atoms with van der Waals surface area (Å²) in [5, 5.41) is 0. The van der Waals surface area contributed by atoms with Gasteiger partial charge in [0.25, 0.3) is 0 Å². The lowest BCUT2D eigenvalue weighted by molar-refractivity contribution is -0.0574. The minimum Gasteiger partial charge on any atom is -0.359 e. The standard InChI is InChI=1S/C8H16O2/c1-4-6-8(5-2)10-7-9-3/h5,8H,2,4,6-7H2,1,3H3/t8-/m0/s1. The van der Waals surface area contributed by atoms with Crippen LogP contribution < -0.4 is 0 Å². The summed E-state index contributed by atoms with van der Waals surface area (Å²) in [6.07, 6.45) is 4.10. The van der Waals surface area contributed by atoms with Gasteiger partial charge in [0.2, 0.25) is 0 Å². The van der Waals surface area contributed by atoms with E-state index < -0.39 is 0 Å². The lowest BCUT2D eigenvalue weighted by Crippen LogP contribution is -2.10. The molecule has 0 aromatic rings. The first kappa shape index (κ1) is 9.66. The van der Waals surface area contributed by atoms with Gasteiger partial charge in [0.1, 0.15) is 6.79 Å². The molecule has 0 N–H and O–H groups in total. The van der Waals surface area contributed by atoms with Gasteiger partial charge in [-0.25, -0.2) is 0 Å². The molecule has 0 saturated heterocycles. The molecule has 0 unspecified atom stereocenters. The van der Waals surface area contributed by atoms with Crippen LogP contribution in [0.2, 0.25) is 0 Å². The Balaban J connectivity index is 3.29. The Hall–Kier alpha value is -0.340. The summed E-state index contributed by atoms with van der Waals surface area (Å²) in [5.41, 5.74) is 0. The molecule has 0 saturated carbocycles. The zero-order valence-electron chi connectivity index (χ0n) is 6.80. The van der Waals surface area contributed by atoms with Crippen molar-refractivity contribution < 1.29 is 9.47 Å². The summed E-state index contributed by atoms with van der Waals surface area (Å²) in [6.45, 7) is 6.13. The highest BCUT2D eigenvalue weighted by atomic mass is 16.7. The molecule has 0 aromatic heterocycles. The summed E-state index contributed by atoms with van der Waals surface area (Å²) < 4.78 is 9.99. The third kappa shape index (κ3) is 4.53. The molecule has 0 amide bonds. The van der Waals surface area contributed by atoms with Gasteiger partial charge in [-0.15, -0.1) is 6.58 Å².